The van der Waals surface area contributed by atoms with Crippen LogP contribution >= 0.6 is 58.2 Å². The van der Waals surface area contributed by atoms with Crippen molar-refractivity contribution in [1.82, 2.24) is 0 Å². The summed E-state index contributed by atoms with van der Waals surface area (Å²) in [5.74, 6) is 0.546. The van der Waals surface area contributed by atoms with Crippen LogP contribution in [0.15, 0.2) is 70.5 Å². The fourth-order valence-electron chi connectivity index (χ4n) is 3.79. The van der Waals surface area contributed by atoms with E-state index in [0.29, 0.717) is 32.0 Å². The molecule has 39 heavy (non-hydrogen) atoms. The van der Waals surface area contributed by atoms with Gasteiger partial charge in [0.15, 0.2) is 0 Å². The minimum atomic E-state index is -0.515. The Hall–Kier alpha value is -3.21. The molecule has 0 radical (unpaired) electrons. The van der Waals surface area contributed by atoms with Gasteiger partial charge in [0.1, 0.15) is 11.5 Å². The van der Waals surface area contributed by atoms with Gasteiger partial charge in [-0.25, -0.2) is 0 Å². The molecule has 0 heterocycles. The van der Waals surface area contributed by atoms with Gasteiger partial charge in [-0.3, -0.25) is 20.2 Å². The summed E-state index contributed by atoms with van der Waals surface area (Å²) >= 11 is 27.7. The minimum absolute atomic E-state index is 0.119. The number of ether oxygens (including phenoxy) is 2. The summed E-state index contributed by atoms with van der Waals surface area (Å²) in [5, 5.41) is 23.2. The van der Waals surface area contributed by atoms with Crippen LogP contribution in [0.25, 0.3) is 22.3 Å². The molecule has 0 saturated heterocycles. The second-order valence-corrected chi connectivity index (χ2v) is 10.5. The summed E-state index contributed by atoms with van der Waals surface area (Å²) < 4.78 is 10.7. The molecule has 0 fully saturated rings. The predicted molar refractivity (Wildman–Crippen MR) is 154 cm³/mol. The normalized spacial score (nSPS) is 10.8. The lowest BCUT2D eigenvalue weighted by molar-refractivity contribution is -0.385. The first-order valence-corrected chi connectivity index (χ1v) is 13.2. The van der Waals surface area contributed by atoms with E-state index in [2.05, 4.69) is 0 Å². The lowest BCUT2D eigenvalue weighted by Gasteiger charge is -2.15. The molecule has 0 amide bonds. The number of nitro groups is 2. The van der Waals surface area contributed by atoms with Crippen LogP contribution in [0.4, 0.5) is 11.4 Å². The van der Waals surface area contributed by atoms with E-state index in [4.69, 9.17) is 55.9 Å². The van der Waals surface area contributed by atoms with Gasteiger partial charge in [-0.15, -0.1) is 0 Å². The molecule has 0 saturated carbocycles. The standard InChI is InChI=1S/C26H16Cl4N2O6S/c1-37-19-11-13(31(33)34)3-5-15(19)17-7-9-21(25(29)23(17)27)39-22-10-8-18(24(28)26(22)30)16-6-4-14(32(35)36)12-20(16)38-2/h3-12H,1-2H3. The summed E-state index contributed by atoms with van der Waals surface area (Å²) in [7, 11) is 2.81. The smallest absolute Gasteiger partial charge is 0.273 e. The van der Waals surface area contributed by atoms with Crippen LogP contribution in [0.2, 0.25) is 20.1 Å². The largest absolute Gasteiger partial charge is 0.496 e. The molecule has 13 heteroatoms. The Morgan fingerprint density at radius 3 is 1.28 bits per heavy atom. The lowest BCUT2D eigenvalue weighted by atomic mass is 10.0. The average Bonchev–Trinajstić information content (AvgIpc) is 2.93. The van der Waals surface area contributed by atoms with Crippen molar-refractivity contribution in [2.75, 3.05) is 14.2 Å². The molecule has 0 aromatic heterocycles. The Balaban J connectivity index is 1.69. The number of methoxy groups -OCH3 is 2. The maximum Gasteiger partial charge on any atom is 0.273 e. The molecule has 0 atom stereocenters. The average molecular weight is 626 g/mol. The Morgan fingerprint density at radius 2 is 0.949 bits per heavy atom. The van der Waals surface area contributed by atoms with Crippen molar-refractivity contribution in [3.63, 3.8) is 0 Å². The van der Waals surface area contributed by atoms with Gasteiger partial charge in [0.2, 0.25) is 0 Å². The zero-order valence-electron chi connectivity index (χ0n) is 20.0. The molecular weight excluding hydrogens is 610 g/mol. The van der Waals surface area contributed by atoms with Crippen molar-refractivity contribution in [1.29, 1.82) is 0 Å². The van der Waals surface area contributed by atoms with Crippen molar-refractivity contribution in [2.45, 2.75) is 9.79 Å². The highest BCUT2D eigenvalue weighted by molar-refractivity contribution is 7.99. The van der Waals surface area contributed by atoms with Gasteiger partial charge in [0.25, 0.3) is 11.4 Å². The second-order valence-electron chi connectivity index (χ2n) is 7.86. The number of hydrogen-bond donors (Lipinski definition) is 0. The molecule has 0 aliphatic rings. The van der Waals surface area contributed by atoms with Crippen molar-refractivity contribution in [2.24, 2.45) is 0 Å². The van der Waals surface area contributed by atoms with E-state index in [1.54, 1.807) is 36.4 Å². The van der Waals surface area contributed by atoms with Crippen molar-refractivity contribution < 1.29 is 19.3 Å². The van der Waals surface area contributed by atoms with Crippen LogP contribution in [-0.2, 0) is 0 Å². The van der Waals surface area contributed by atoms with Crippen LogP contribution in [-0.4, -0.2) is 24.1 Å². The maximum atomic E-state index is 11.1. The highest BCUT2D eigenvalue weighted by Crippen LogP contribution is 2.48. The third kappa shape index (κ3) is 5.73. The van der Waals surface area contributed by atoms with E-state index in [-0.39, 0.29) is 43.0 Å². The summed E-state index contributed by atoms with van der Waals surface area (Å²) in [6.45, 7) is 0. The molecule has 4 aromatic rings. The summed E-state index contributed by atoms with van der Waals surface area (Å²) in [5.41, 5.74) is 1.89. The van der Waals surface area contributed by atoms with Gasteiger partial charge >= 0.3 is 0 Å². The van der Waals surface area contributed by atoms with E-state index in [1.807, 2.05) is 0 Å². The lowest BCUT2D eigenvalue weighted by Crippen LogP contribution is -1.94. The van der Waals surface area contributed by atoms with E-state index >= 15 is 0 Å². The fourth-order valence-corrected chi connectivity index (χ4v) is 5.89. The third-order valence-corrected chi connectivity index (χ3v) is 8.79. The van der Waals surface area contributed by atoms with Crippen molar-refractivity contribution >= 4 is 69.5 Å². The van der Waals surface area contributed by atoms with Crippen LogP contribution in [0.1, 0.15) is 0 Å². The highest BCUT2D eigenvalue weighted by Gasteiger charge is 2.21. The number of nitrogens with zero attached hydrogens (tertiary/aromatic N) is 2. The quantitative estimate of drug-likeness (QED) is 0.142. The zero-order chi connectivity index (χ0) is 28.4. The molecule has 0 spiro atoms. The third-order valence-electron chi connectivity index (χ3n) is 5.69. The number of halogens is 4. The number of nitro benzene ring substituents is 2. The second kappa shape index (κ2) is 11.9. The molecule has 4 rings (SSSR count). The van der Waals surface area contributed by atoms with E-state index in [0.717, 1.165) is 0 Å². The van der Waals surface area contributed by atoms with E-state index in [9.17, 15) is 20.2 Å². The van der Waals surface area contributed by atoms with Crippen LogP contribution in [0.5, 0.6) is 11.5 Å². The SMILES string of the molecule is COc1cc([N+](=O)[O-])ccc1-c1ccc(Sc2ccc(-c3ccc([N+](=O)[O-])cc3OC)c(Cl)c2Cl)c(Cl)c1Cl. The molecule has 8 nitrogen and oxygen atoms in total. The molecule has 0 aliphatic heterocycles. The van der Waals surface area contributed by atoms with Gasteiger partial charge in [-0.1, -0.05) is 70.3 Å². The van der Waals surface area contributed by atoms with E-state index in [1.165, 1.54) is 50.2 Å². The van der Waals surface area contributed by atoms with Gasteiger partial charge in [-0.2, -0.15) is 0 Å². The topological polar surface area (TPSA) is 105 Å². The number of non-ortho nitro benzene ring substituents is 2. The molecule has 4 aromatic carbocycles. The Labute approximate surface area is 246 Å². The molecule has 200 valence electrons. The summed E-state index contributed by atoms with van der Waals surface area (Å²) in [6.07, 6.45) is 0. The Kier molecular flexibility index (Phi) is 8.78. The number of hydrogen-bond acceptors (Lipinski definition) is 7. The van der Waals surface area contributed by atoms with Crippen LogP contribution < -0.4 is 9.47 Å². The van der Waals surface area contributed by atoms with Crippen molar-refractivity contribution in [3.05, 3.63) is 101 Å². The fraction of sp³-hybridized carbons (Fsp3) is 0.0769. The molecule has 0 N–H and O–H groups in total. The molecular formula is C26H16Cl4N2O6S. The predicted octanol–water partition coefficient (Wildman–Crippen LogP) is 9.62. The zero-order valence-corrected chi connectivity index (χ0v) is 23.9. The van der Waals surface area contributed by atoms with Gasteiger partial charge in [-0.05, 0) is 24.3 Å². The minimum Gasteiger partial charge on any atom is -0.496 e. The summed E-state index contributed by atoms with van der Waals surface area (Å²) in [4.78, 5) is 22.4. The van der Waals surface area contributed by atoms with Gasteiger partial charge in [0.05, 0.1) is 56.3 Å². The van der Waals surface area contributed by atoms with E-state index < -0.39 is 9.85 Å². The first-order chi connectivity index (χ1) is 18.6. The van der Waals surface area contributed by atoms with Crippen molar-refractivity contribution in [3.8, 4) is 33.8 Å². The maximum absolute atomic E-state index is 11.1. The summed E-state index contributed by atoms with van der Waals surface area (Å²) in [6, 6.07) is 15.4. The molecule has 0 unspecified atom stereocenters. The first-order valence-electron chi connectivity index (χ1n) is 10.9. The Bertz CT molecular complexity index is 1510. The molecule has 0 bridgehead atoms. The molecule has 0 aliphatic carbocycles. The number of benzene rings is 4. The van der Waals surface area contributed by atoms with Gasteiger partial charge in [0, 0.05) is 44.2 Å². The van der Waals surface area contributed by atoms with Crippen LogP contribution in [0.3, 0.4) is 0 Å². The van der Waals surface area contributed by atoms with Crippen LogP contribution in [0, 0.1) is 20.2 Å². The first kappa shape index (κ1) is 28.8. The monoisotopic (exact) mass is 624 g/mol. The number of rotatable bonds is 8. The van der Waals surface area contributed by atoms with Gasteiger partial charge < -0.3 is 9.47 Å². The highest BCUT2D eigenvalue weighted by atomic mass is 35.5. The Morgan fingerprint density at radius 1 is 0.590 bits per heavy atom.